The van der Waals surface area contributed by atoms with Gasteiger partial charge in [0.15, 0.2) is 0 Å². The molecule has 1 unspecified atom stereocenters. The van der Waals surface area contributed by atoms with Crippen LogP contribution >= 0.6 is 0 Å². The molecule has 212 valence electrons. The lowest BCUT2D eigenvalue weighted by Gasteiger charge is -2.34. The maximum Gasteiger partial charge on any atom is 0.410 e. The van der Waals surface area contributed by atoms with E-state index in [0.29, 0.717) is 37.6 Å². The molecule has 1 fully saturated rings. The van der Waals surface area contributed by atoms with E-state index in [1.165, 1.54) is 5.56 Å². The zero-order valence-corrected chi connectivity index (χ0v) is 24.3. The second-order valence-electron chi connectivity index (χ2n) is 12.1. The predicted molar refractivity (Wildman–Crippen MR) is 156 cm³/mol. The Morgan fingerprint density at radius 3 is 2.68 bits per heavy atom. The summed E-state index contributed by atoms with van der Waals surface area (Å²) in [5.41, 5.74) is 7.30. The number of nitrogens with one attached hydrogen (secondary N) is 1. The van der Waals surface area contributed by atoms with Crippen molar-refractivity contribution >= 4 is 23.0 Å². The maximum absolute atomic E-state index is 13.5. The van der Waals surface area contributed by atoms with E-state index >= 15 is 0 Å². The molecule has 9 nitrogen and oxygen atoms in total. The van der Waals surface area contributed by atoms with Gasteiger partial charge in [-0.3, -0.25) is 4.79 Å². The van der Waals surface area contributed by atoms with E-state index in [-0.39, 0.29) is 18.0 Å². The molecule has 1 atom stereocenters. The number of hydrogen-bond acceptors (Lipinski definition) is 6. The molecule has 6 rings (SSSR count). The molecule has 0 saturated carbocycles. The number of nitrogens with zero attached hydrogens (tertiary/aromatic N) is 5. The number of carbonyl (C=O) groups excluding carboxylic acids is 2. The smallest absolute Gasteiger partial charge is 0.410 e. The first-order chi connectivity index (χ1) is 19.6. The van der Waals surface area contributed by atoms with E-state index in [0.717, 1.165) is 51.7 Å². The molecule has 41 heavy (non-hydrogen) atoms. The Balaban J connectivity index is 1.42. The molecule has 2 amide bonds. The quantitative estimate of drug-likeness (QED) is 0.339. The Morgan fingerprint density at radius 1 is 1.07 bits per heavy atom. The highest BCUT2D eigenvalue weighted by Crippen LogP contribution is 2.40. The van der Waals surface area contributed by atoms with E-state index in [4.69, 9.17) is 4.74 Å². The van der Waals surface area contributed by atoms with Gasteiger partial charge in [0.1, 0.15) is 22.8 Å². The molecule has 1 aromatic carbocycles. The number of aromatic nitrogens is 4. The predicted octanol–water partition coefficient (Wildman–Crippen LogP) is 5.91. The summed E-state index contributed by atoms with van der Waals surface area (Å²) in [6.07, 6.45) is 7.64. The van der Waals surface area contributed by atoms with Crippen molar-refractivity contribution in [3.05, 3.63) is 76.6 Å². The highest BCUT2D eigenvalue weighted by atomic mass is 16.6. The standard InChI is InChI=1S/C32H36N6O3/c1-19-16-34-29-24(19)15-23(17-35-29)22-13-21-9-12-37(30(39)27-8-10-33-20(2)36-27)18-26(21)25(14-22)28-7-6-11-38(28)31(40)41-32(3,4)5/h8,10,13-17,28H,6-7,9,11-12,18H2,1-5H3,(H,34,35). The third kappa shape index (κ3) is 5.28. The SMILES string of the molecule is Cc1nccc(C(=O)N2CCc3cc(-c4cnc5[nH]cc(C)c5c4)cc(C4CCCN4C(=O)OC(C)(C)C)c3C2)n1. The molecule has 1 N–H and O–H groups in total. The Hall–Kier alpha value is -4.27. The number of aromatic amines is 1. The van der Waals surface area contributed by atoms with Gasteiger partial charge >= 0.3 is 6.09 Å². The van der Waals surface area contributed by atoms with Crippen LogP contribution in [0.1, 0.15) is 78.2 Å². The lowest BCUT2D eigenvalue weighted by molar-refractivity contribution is 0.0222. The van der Waals surface area contributed by atoms with Crippen LogP contribution < -0.4 is 0 Å². The molecular formula is C32H36N6O3. The number of amides is 2. The molecule has 3 aromatic heterocycles. The second kappa shape index (κ2) is 10.3. The summed E-state index contributed by atoms with van der Waals surface area (Å²) in [5, 5.41) is 1.09. The Morgan fingerprint density at radius 2 is 1.90 bits per heavy atom. The van der Waals surface area contributed by atoms with Gasteiger partial charge in [0.25, 0.3) is 5.91 Å². The summed E-state index contributed by atoms with van der Waals surface area (Å²) < 4.78 is 5.81. The van der Waals surface area contributed by atoms with Crippen molar-refractivity contribution in [1.29, 1.82) is 0 Å². The minimum Gasteiger partial charge on any atom is -0.444 e. The monoisotopic (exact) mass is 552 g/mol. The van der Waals surface area contributed by atoms with Crippen molar-refractivity contribution in [3.8, 4) is 11.1 Å². The van der Waals surface area contributed by atoms with Crippen molar-refractivity contribution in [2.24, 2.45) is 0 Å². The van der Waals surface area contributed by atoms with Gasteiger partial charge in [0.2, 0.25) is 0 Å². The summed E-state index contributed by atoms with van der Waals surface area (Å²) in [4.78, 5) is 46.9. The topological polar surface area (TPSA) is 104 Å². The number of aryl methyl sites for hydroxylation is 2. The molecule has 0 aliphatic carbocycles. The van der Waals surface area contributed by atoms with Crippen molar-refractivity contribution in [3.63, 3.8) is 0 Å². The second-order valence-corrected chi connectivity index (χ2v) is 12.1. The molecule has 0 spiro atoms. The molecule has 5 heterocycles. The highest BCUT2D eigenvalue weighted by molar-refractivity contribution is 5.92. The van der Waals surface area contributed by atoms with Crippen molar-refractivity contribution in [1.82, 2.24) is 29.7 Å². The van der Waals surface area contributed by atoms with Gasteiger partial charge in [-0.1, -0.05) is 6.07 Å². The van der Waals surface area contributed by atoms with E-state index in [2.05, 4.69) is 45.1 Å². The van der Waals surface area contributed by atoms with Gasteiger partial charge in [-0.2, -0.15) is 0 Å². The molecule has 2 aliphatic rings. The third-order valence-electron chi connectivity index (χ3n) is 7.97. The molecular weight excluding hydrogens is 516 g/mol. The number of rotatable bonds is 3. The highest BCUT2D eigenvalue weighted by Gasteiger charge is 2.36. The first-order valence-corrected chi connectivity index (χ1v) is 14.3. The minimum atomic E-state index is -0.583. The summed E-state index contributed by atoms with van der Waals surface area (Å²) in [7, 11) is 0. The number of ether oxygens (including phenoxy) is 1. The average molecular weight is 553 g/mol. The summed E-state index contributed by atoms with van der Waals surface area (Å²) in [6, 6.07) is 8.13. The third-order valence-corrected chi connectivity index (χ3v) is 7.97. The lowest BCUT2D eigenvalue weighted by atomic mass is 9.86. The normalized spacial score (nSPS) is 17.1. The molecule has 1 saturated heterocycles. The number of carbonyl (C=O) groups is 2. The zero-order valence-electron chi connectivity index (χ0n) is 24.3. The Kier molecular flexibility index (Phi) is 6.76. The van der Waals surface area contributed by atoms with Gasteiger partial charge in [0.05, 0.1) is 6.04 Å². The maximum atomic E-state index is 13.5. The molecule has 0 bridgehead atoms. The van der Waals surface area contributed by atoms with Crippen LogP contribution in [0.25, 0.3) is 22.2 Å². The van der Waals surface area contributed by atoms with Crippen LogP contribution in [0.4, 0.5) is 4.79 Å². The van der Waals surface area contributed by atoms with Gasteiger partial charge in [-0.25, -0.2) is 19.7 Å². The van der Waals surface area contributed by atoms with E-state index in [1.54, 1.807) is 19.2 Å². The number of pyridine rings is 1. The van der Waals surface area contributed by atoms with Crippen LogP contribution in [0.3, 0.4) is 0 Å². The van der Waals surface area contributed by atoms with Crippen LogP contribution in [0.15, 0.2) is 42.9 Å². The first-order valence-electron chi connectivity index (χ1n) is 14.3. The number of fused-ring (bicyclic) bond motifs is 2. The fourth-order valence-electron chi connectivity index (χ4n) is 5.99. The minimum absolute atomic E-state index is 0.107. The Bertz CT molecular complexity index is 1650. The summed E-state index contributed by atoms with van der Waals surface area (Å²) in [6.45, 7) is 11.2. The number of H-pyrrole nitrogens is 1. The number of benzene rings is 1. The lowest BCUT2D eigenvalue weighted by Crippen LogP contribution is -2.39. The van der Waals surface area contributed by atoms with Crippen LogP contribution in [0.5, 0.6) is 0 Å². The number of likely N-dealkylation sites (tertiary alicyclic amines) is 1. The molecule has 4 aromatic rings. The zero-order chi connectivity index (χ0) is 28.9. The Labute approximate surface area is 240 Å². The van der Waals surface area contributed by atoms with Gasteiger partial charge in [-0.05, 0) is 99.9 Å². The van der Waals surface area contributed by atoms with Gasteiger partial charge < -0.3 is 19.5 Å². The van der Waals surface area contributed by atoms with Crippen LogP contribution in [0, 0.1) is 13.8 Å². The molecule has 2 aliphatic heterocycles. The van der Waals surface area contributed by atoms with Crippen LogP contribution in [-0.4, -0.2) is 60.4 Å². The fourth-order valence-corrected chi connectivity index (χ4v) is 5.99. The van der Waals surface area contributed by atoms with Gasteiger partial charge in [0, 0.05) is 49.2 Å². The number of hydrogen-bond donors (Lipinski definition) is 1. The molecule has 9 heteroatoms. The summed E-state index contributed by atoms with van der Waals surface area (Å²) in [5.74, 6) is 0.463. The van der Waals surface area contributed by atoms with Crippen molar-refractivity contribution in [2.45, 2.75) is 72.1 Å². The van der Waals surface area contributed by atoms with E-state index in [1.807, 2.05) is 43.0 Å². The molecule has 0 radical (unpaired) electrons. The van der Waals surface area contributed by atoms with Crippen LogP contribution in [-0.2, 0) is 17.7 Å². The summed E-state index contributed by atoms with van der Waals surface area (Å²) >= 11 is 0. The first kappa shape index (κ1) is 26.9. The van der Waals surface area contributed by atoms with Crippen molar-refractivity contribution < 1.29 is 14.3 Å². The van der Waals surface area contributed by atoms with Gasteiger partial charge in [-0.15, -0.1) is 0 Å². The van der Waals surface area contributed by atoms with E-state index in [9.17, 15) is 9.59 Å². The largest absolute Gasteiger partial charge is 0.444 e. The van der Waals surface area contributed by atoms with Crippen molar-refractivity contribution in [2.75, 3.05) is 13.1 Å². The average Bonchev–Trinajstić information content (AvgIpc) is 3.58. The van der Waals surface area contributed by atoms with E-state index < -0.39 is 5.60 Å². The van der Waals surface area contributed by atoms with Crippen LogP contribution in [0.2, 0.25) is 0 Å². The fraction of sp³-hybridized carbons (Fsp3) is 0.406.